The maximum Gasteiger partial charge on any atom is 0.417 e. The maximum absolute atomic E-state index is 13.9. The van der Waals surface area contributed by atoms with Crippen molar-refractivity contribution >= 4 is 0 Å². The standard InChI is InChI=1S/C31H27F3N2O2/c1-19(2)23-6-5-7-26(15-23)38-25-12-10-22(11-13-25)29-16-28(31(32,33)34)27(17-35)30(37)36(29)18-24-9-8-20(3)14-21(24)4/h5-16,19H,18H2,1-4H3. The molecule has 0 radical (unpaired) electrons. The molecule has 0 atom stereocenters. The van der Waals surface area contributed by atoms with Crippen LogP contribution in [0.5, 0.6) is 11.5 Å². The minimum Gasteiger partial charge on any atom is -0.457 e. The molecule has 4 rings (SSSR count). The molecule has 0 amide bonds. The lowest BCUT2D eigenvalue weighted by Gasteiger charge is -2.19. The van der Waals surface area contributed by atoms with Crippen LogP contribution in [-0.2, 0) is 12.7 Å². The van der Waals surface area contributed by atoms with Gasteiger partial charge < -0.3 is 9.30 Å². The number of aryl methyl sites for hydroxylation is 2. The van der Waals surface area contributed by atoms with Gasteiger partial charge in [-0.05, 0) is 84.5 Å². The minimum atomic E-state index is -4.86. The van der Waals surface area contributed by atoms with Gasteiger partial charge in [-0.15, -0.1) is 0 Å². The molecule has 7 heteroatoms. The molecule has 0 aliphatic carbocycles. The second-order valence-electron chi connectivity index (χ2n) is 9.60. The number of ether oxygens (including phenoxy) is 1. The van der Waals surface area contributed by atoms with E-state index in [0.717, 1.165) is 28.3 Å². The van der Waals surface area contributed by atoms with Crippen LogP contribution in [0.25, 0.3) is 11.3 Å². The van der Waals surface area contributed by atoms with Crippen LogP contribution in [0.15, 0.2) is 77.6 Å². The molecule has 0 fully saturated rings. The Labute approximate surface area is 219 Å². The number of alkyl halides is 3. The quantitative estimate of drug-likeness (QED) is 0.261. The average Bonchev–Trinajstić information content (AvgIpc) is 2.86. The normalized spacial score (nSPS) is 11.4. The summed E-state index contributed by atoms with van der Waals surface area (Å²) in [5, 5.41) is 9.46. The molecule has 1 aromatic heterocycles. The van der Waals surface area contributed by atoms with Crippen molar-refractivity contribution in [1.29, 1.82) is 5.26 Å². The van der Waals surface area contributed by atoms with Crippen LogP contribution in [0.3, 0.4) is 0 Å². The Morgan fingerprint density at radius 2 is 1.66 bits per heavy atom. The zero-order valence-electron chi connectivity index (χ0n) is 21.6. The Morgan fingerprint density at radius 3 is 2.26 bits per heavy atom. The third kappa shape index (κ3) is 5.65. The van der Waals surface area contributed by atoms with Gasteiger partial charge in [-0.2, -0.15) is 18.4 Å². The van der Waals surface area contributed by atoms with Crippen LogP contribution in [0.4, 0.5) is 13.2 Å². The number of aromatic nitrogens is 1. The molecule has 3 aromatic carbocycles. The fraction of sp³-hybridized carbons (Fsp3) is 0.226. The Morgan fingerprint density at radius 1 is 0.947 bits per heavy atom. The third-order valence-electron chi connectivity index (χ3n) is 6.45. The minimum absolute atomic E-state index is 0.0212. The van der Waals surface area contributed by atoms with Crippen LogP contribution < -0.4 is 10.3 Å². The maximum atomic E-state index is 13.9. The first-order valence-corrected chi connectivity index (χ1v) is 12.2. The van der Waals surface area contributed by atoms with Gasteiger partial charge >= 0.3 is 6.18 Å². The van der Waals surface area contributed by atoms with Crippen molar-refractivity contribution in [2.45, 2.75) is 46.3 Å². The molecule has 4 aromatic rings. The van der Waals surface area contributed by atoms with E-state index >= 15 is 0 Å². The lowest BCUT2D eigenvalue weighted by atomic mass is 10.0. The molecule has 4 nitrogen and oxygen atoms in total. The fourth-order valence-corrected chi connectivity index (χ4v) is 4.33. The predicted octanol–water partition coefficient (Wildman–Crippen LogP) is 7.99. The summed E-state index contributed by atoms with van der Waals surface area (Å²) in [5.41, 5.74) is 1.12. The summed E-state index contributed by atoms with van der Waals surface area (Å²) in [4.78, 5) is 13.3. The van der Waals surface area contributed by atoms with Gasteiger partial charge in [0.25, 0.3) is 5.56 Å². The topological polar surface area (TPSA) is 55.0 Å². The van der Waals surface area contributed by atoms with E-state index in [1.54, 1.807) is 24.3 Å². The predicted molar refractivity (Wildman–Crippen MR) is 141 cm³/mol. The highest BCUT2D eigenvalue weighted by atomic mass is 19.4. The van der Waals surface area contributed by atoms with Crippen molar-refractivity contribution in [3.63, 3.8) is 0 Å². The van der Waals surface area contributed by atoms with E-state index in [1.165, 1.54) is 10.6 Å². The monoisotopic (exact) mass is 516 g/mol. The Hall–Kier alpha value is -4.31. The Kier molecular flexibility index (Phi) is 7.45. The molecule has 0 aliphatic heterocycles. The largest absolute Gasteiger partial charge is 0.457 e. The zero-order valence-corrected chi connectivity index (χ0v) is 21.6. The Bertz CT molecular complexity index is 1580. The number of nitriles is 1. The molecule has 0 unspecified atom stereocenters. The number of halogens is 3. The van der Waals surface area contributed by atoms with Crippen molar-refractivity contribution in [2.24, 2.45) is 0 Å². The summed E-state index contributed by atoms with van der Waals surface area (Å²) in [6.07, 6.45) is -4.86. The van der Waals surface area contributed by atoms with Crippen molar-refractivity contribution in [2.75, 3.05) is 0 Å². The van der Waals surface area contributed by atoms with Crippen LogP contribution in [0.1, 0.15) is 53.1 Å². The smallest absolute Gasteiger partial charge is 0.417 e. The van der Waals surface area contributed by atoms with E-state index in [0.29, 0.717) is 23.0 Å². The molecular weight excluding hydrogens is 489 g/mol. The van der Waals surface area contributed by atoms with Gasteiger partial charge in [0.2, 0.25) is 0 Å². The molecule has 0 saturated carbocycles. The number of pyridine rings is 1. The van der Waals surface area contributed by atoms with E-state index in [2.05, 4.69) is 13.8 Å². The van der Waals surface area contributed by atoms with Crippen molar-refractivity contribution in [3.05, 3.63) is 117 Å². The van der Waals surface area contributed by atoms with E-state index in [-0.39, 0.29) is 12.2 Å². The first-order chi connectivity index (χ1) is 18.0. The second kappa shape index (κ2) is 10.6. The molecule has 194 valence electrons. The van der Waals surface area contributed by atoms with Gasteiger partial charge in [0.05, 0.1) is 17.8 Å². The third-order valence-corrected chi connectivity index (χ3v) is 6.45. The molecule has 0 aliphatic rings. The van der Waals surface area contributed by atoms with Gasteiger partial charge in [-0.25, -0.2) is 0 Å². The number of hydrogen-bond acceptors (Lipinski definition) is 3. The number of hydrogen-bond donors (Lipinski definition) is 0. The number of benzene rings is 3. The van der Waals surface area contributed by atoms with Crippen molar-refractivity contribution in [1.82, 2.24) is 4.57 Å². The van der Waals surface area contributed by atoms with Gasteiger partial charge in [0.15, 0.2) is 0 Å². The van der Waals surface area contributed by atoms with Crippen LogP contribution >= 0.6 is 0 Å². The van der Waals surface area contributed by atoms with Gasteiger partial charge in [0, 0.05) is 0 Å². The van der Waals surface area contributed by atoms with E-state index in [1.807, 2.05) is 56.3 Å². The van der Waals surface area contributed by atoms with Crippen LogP contribution in [0, 0.1) is 25.2 Å². The average molecular weight is 517 g/mol. The highest BCUT2D eigenvalue weighted by Crippen LogP contribution is 2.35. The summed E-state index contributed by atoms with van der Waals surface area (Å²) in [6, 6.07) is 22.2. The lowest BCUT2D eigenvalue weighted by Crippen LogP contribution is -2.29. The highest BCUT2D eigenvalue weighted by Gasteiger charge is 2.36. The molecular formula is C31H27F3N2O2. The van der Waals surface area contributed by atoms with Crippen molar-refractivity contribution in [3.8, 4) is 28.8 Å². The van der Waals surface area contributed by atoms with Crippen molar-refractivity contribution < 1.29 is 17.9 Å². The van der Waals surface area contributed by atoms with Crippen LogP contribution in [-0.4, -0.2) is 4.57 Å². The highest BCUT2D eigenvalue weighted by molar-refractivity contribution is 5.64. The Balaban J connectivity index is 1.80. The summed E-state index contributed by atoms with van der Waals surface area (Å²) in [7, 11) is 0. The summed E-state index contributed by atoms with van der Waals surface area (Å²) < 4.78 is 48.8. The molecule has 0 saturated heterocycles. The first kappa shape index (κ1) is 26.7. The zero-order chi connectivity index (χ0) is 27.6. The summed E-state index contributed by atoms with van der Waals surface area (Å²) in [6.45, 7) is 8.00. The SMILES string of the molecule is Cc1ccc(Cn2c(-c3ccc(Oc4cccc(C(C)C)c4)cc3)cc(C(F)(F)F)c(C#N)c2=O)c(C)c1. The lowest BCUT2D eigenvalue weighted by molar-refractivity contribution is -0.137. The summed E-state index contributed by atoms with van der Waals surface area (Å²) in [5.74, 6) is 1.48. The second-order valence-corrected chi connectivity index (χ2v) is 9.60. The molecule has 0 N–H and O–H groups in total. The summed E-state index contributed by atoms with van der Waals surface area (Å²) >= 11 is 0. The van der Waals surface area contributed by atoms with Gasteiger partial charge in [0.1, 0.15) is 23.1 Å². The van der Waals surface area contributed by atoms with Crippen LogP contribution in [0.2, 0.25) is 0 Å². The van der Waals surface area contributed by atoms with E-state index < -0.39 is 22.9 Å². The van der Waals surface area contributed by atoms with Gasteiger partial charge in [-0.1, -0.05) is 49.7 Å². The molecule has 0 bridgehead atoms. The fourth-order valence-electron chi connectivity index (χ4n) is 4.33. The molecule has 0 spiro atoms. The number of rotatable bonds is 6. The molecule has 1 heterocycles. The number of nitrogens with zero attached hydrogens (tertiary/aromatic N) is 2. The molecule has 38 heavy (non-hydrogen) atoms. The van der Waals surface area contributed by atoms with E-state index in [4.69, 9.17) is 4.74 Å². The van der Waals surface area contributed by atoms with Gasteiger partial charge in [-0.3, -0.25) is 4.79 Å². The first-order valence-electron chi connectivity index (χ1n) is 12.2. The van der Waals surface area contributed by atoms with E-state index in [9.17, 15) is 23.2 Å².